The number of carboxylic acids is 1. The zero-order chi connectivity index (χ0) is 12.9. The first-order valence-corrected chi connectivity index (χ1v) is 6.22. The molecule has 1 heterocycles. The molecule has 0 radical (unpaired) electrons. The maximum absolute atomic E-state index is 11.5. The molecular formula is C14H16O4. The fourth-order valence-electron chi connectivity index (χ4n) is 2.71. The van der Waals surface area contributed by atoms with Gasteiger partial charge in [-0.2, -0.15) is 0 Å². The van der Waals surface area contributed by atoms with E-state index < -0.39 is 11.4 Å². The Kier molecular flexibility index (Phi) is 2.30. The van der Waals surface area contributed by atoms with Crippen LogP contribution in [-0.4, -0.2) is 17.9 Å². The lowest BCUT2D eigenvalue weighted by atomic mass is 9.85. The van der Waals surface area contributed by atoms with Gasteiger partial charge in [-0.3, -0.25) is 4.79 Å². The van der Waals surface area contributed by atoms with Crippen molar-refractivity contribution in [2.75, 3.05) is 6.79 Å². The molecule has 3 rings (SSSR count). The predicted octanol–water partition coefficient (Wildman–Crippen LogP) is 2.65. The van der Waals surface area contributed by atoms with E-state index >= 15 is 0 Å². The second-order valence-electron chi connectivity index (χ2n) is 5.30. The minimum absolute atomic E-state index is 0.216. The van der Waals surface area contributed by atoms with Gasteiger partial charge in [-0.1, -0.05) is 19.9 Å². The first-order valence-electron chi connectivity index (χ1n) is 6.22. The van der Waals surface area contributed by atoms with Gasteiger partial charge >= 0.3 is 5.97 Å². The molecule has 0 unspecified atom stereocenters. The topological polar surface area (TPSA) is 55.8 Å². The molecule has 1 fully saturated rings. The number of hydrogen-bond acceptors (Lipinski definition) is 3. The lowest BCUT2D eigenvalue weighted by Crippen LogP contribution is -2.21. The molecule has 96 valence electrons. The summed E-state index contributed by atoms with van der Waals surface area (Å²) in [5.41, 5.74) is 1.19. The highest BCUT2D eigenvalue weighted by Gasteiger charge is 2.53. The average Bonchev–Trinajstić information content (AvgIpc) is 3.00. The monoisotopic (exact) mass is 248 g/mol. The summed E-state index contributed by atoms with van der Waals surface area (Å²) >= 11 is 0. The van der Waals surface area contributed by atoms with Gasteiger partial charge in [0.1, 0.15) is 0 Å². The molecule has 0 bridgehead atoms. The largest absolute Gasteiger partial charge is 0.481 e. The highest BCUT2D eigenvalue weighted by atomic mass is 16.7. The number of fused-ring (bicyclic) bond motifs is 1. The average molecular weight is 248 g/mol. The number of carboxylic acid groups (broad SMARTS) is 1. The van der Waals surface area contributed by atoms with Crippen LogP contribution in [0.4, 0.5) is 0 Å². The second-order valence-corrected chi connectivity index (χ2v) is 5.30. The van der Waals surface area contributed by atoms with Crippen molar-refractivity contribution in [3.8, 4) is 11.5 Å². The van der Waals surface area contributed by atoms with Crippen LogP contribution in [0, 0.1) is 0 Å². The molecule has 1 N–H and O–H groups in total. The van der Waals surface area contributed by atoms with Gasteiger partial charge in [-0.15, -0.1) is 0 Å². The zero-order valence-electron chi connectivity index (χ0n) is 10.5. The normalized spacial score (nSPS) is 19.1. The summed E-state index contributed by atoms with van der Waals surface area (Å²) in [4.78, 5) is 11.5. The van der Waals surface area contributed by atoms with Gasteiger partial charge in [-0.25, -0.2) is 0 Å². The third-order valence-electron chi connectivity index (χ3n) is 3.83. The van der Waals surface area contributed by atoms with Crippen LogP contribution in [-0.2, 0) is 10.2 Å². The van der Waals surface area contributed by atoms with E-state index in [2.05, 4.69) is 13.8 Å². The molecular weight excluding hydrogens is 232 g/mol. The number of ether oxygens (including phenoxy) is 2. The fourth-order valence-corrected chi connectivity index (χ4v) is 2.71. The zero-order valence-corrected chi connectivity index (χ0v) is 10.5. The van der Waals surface area contributed by atoms with Gasteiger partial charge in [0.2, 0.25) is 6.79 Å². The molecule has 18 heavy (non-hydrogen) atoms. The molecule has 1 aromatic rings. The molecule has 0 spiro atoms. The van der Waals surface area contributed by atoms with E-state index in [0.717, 1.165) is 22.6 Å². The van der Waals surface area contributed by atoms with E-state index in [1.54, 1.807) is 0 Å². The third-order valence-corrected chi connectivity index (χ3v) is 3.83. The van der Waals surface area contributed by atoms with Crippen LogP contribution >= 0.6 is 0 Å². The maximum Gasteiger partial charge on any atom is 0.314 e. The number of carbonyl (C=O) groups is 1. The van der Waals surface area contributed by atoms with Crippen molar-refractivity contribution in [2.45, 2.75) is 38.0 Å². The molecule has 1 saturated carbocycles. The predicted molar refractivity (Wildman–Crippen MR) is 65.2 cm³/mol. The third kappa shape index (κ3) is 1.41. The van der Waals surface area contributed by atoms with Crippen LogP contribution < -0.4 is 9.47 Å². The molecule has 4 heteroatoms. The molecule has 0 saturated heterocycles. The summed E-state index contributed by atoms with van der Waals surface area (Å²) in [5.74, 6) is 0.940. The summed E-state index contributed by atoms with van der Waals surface area (Å²) in [5, 5.41) is 9.44. The van der Waals surface area contributed by atoms with Gasteiger partial charge in [0.15, 0.2) is 11.5 Å². The molecule has 0 atom stereocenters. The number of aliphatic carboxylic acids is 1. The van der Waals surface area contributed by atoms with E-state index in [1.165, 1.54) is 0 Å². The van der Waals surface area contributed by atoms with Crippen LogP contribution in [0.2, 0.25) is 0 Å². The standard InChI is InChI=1S/C14H16O4/c1-8(2)11-9(14(5-6-14)13(15)16)3-4-10-12(11)18-7-17-10/h3-4,8H,5-7H2,1-2H3,(H,15,16). The van der Waals surface area contributed by atoms with Crippen molar-refractivity contribution in [3.63, 3.8) is 0 Å². The Hall–Kier alpha value is -1.71. The van der Waals surface area contributed by atoms with Crippen molar-refractivity contribution in [1.29, 1.82) is 0 Å². The van der Waals surface area contributed by atoms with Crippen molar-refractivity contribution >= 4 is 5.97 Å². The quantitative estimate of drug-likeness (QED) is 0.893. The molecule has 1 aliphatic heterocycles. The summed E-state index contributed by atoms with van der Waals surface area (Å²) in [7, 11) is 0. The molecule has 0 amide bonds. The Labute approximate surface area is 106 Å². The van der Waals surface area contributed by atoms with Crippen LogP contribution in [0.5, 0.6) is 11.5 Å². The SMILES string of the molecule is CC(C)c1c(C2(C(=O)O)CC2)ccc2c1OCO2. The molecule has 0 aromatic heterocycles. The smallest absolute Gasteiger partial charge is 0.314 e. The van der Waals surface area contributed by atoms with E-state index in [4.69, 9.17) is 9.47 Å². The molecule has 1 aliphatic carbocycles. The van der Waals surface area contributed by atoms with Crippen molar-refractivity contribution in [3.05, 3.63) is 23.3 Å². The maximum atomic E-state index is 11.5. The first kappa shape index (κ1) is 11.4. The van der Waals surface area contributed by atoms with E-state index in [1.807, 2.05) is 12.1 Å². The summed E-state index contributed by atoms with van der Waals surface area (Å²) in [6.45, 7) is 4.33. The van der Waals surface area contributed by atoms with Gasteiger partial charge < -0.3 is 14.6 Å². The number of hydrogen-bond donors (Lipinski definition) is 1. The Morgan fingerprint density at radius 2 is 2.06 bits per heavy atom. The second kappa shape index (κ2) is 3.64. The molecule has 1 aromatic carbocycles. The lowest BCUT2D eigenvalue weighted by Gasteiger charge is -2.19. The summed E-state index contributed by atoms with van der Waals surface area (Å²) in [6, 6.07) is 3.72. The fraction of sp³-hybridized carbons (Fsp3) is 0.500. The van der Waals surface area contributed by atoms with Gasteiger partial charge in [0.25, 0.3) is 0 Å². The van der Waals surface area contributed by atoms with Crippen LogP contribution in [0.25, 0.3) is 0 Å². The van der Waals surface area contributed by atoms with Crippen LogP contribution in [0.1, 0.15) is 43.7 Å². The lowest BCUT2D eigenvalue weighted by molar-refractivity contribution is -0.140. The number of benzene rings is 1. The summed E-state index contributed by atoms with van der Waals surface area (Å²) < 4.78 is 10.9. The van der Waals surface area contributed by atoms with Crippen molar-refractivity contribution < 1.29 is 19.4 Å². The Bertz CT molecular complexity index is 515. The summed E-state index contributed by atoms with van der Waals surface area (Å²) in [6.07, 6.45) is 1.42. The minimum Gasteiger partial charge on any atom is -0.481 e. The van der Waals surface area contributed by atoms with Crippen molar-refractivity contribution in [2.24, 2.45) is 0 Å². The van der Waals surface area contributed by atoms with E-state index in [-0.39, 0.29) is 12.7 Å². The highest BCUT2D eigenvalue weighted by Crippen LogP contribution is 2.54. The Morgan fingerprint density at radius 3 is 2.61 bits per heavy atom. The number of rotatable bonds is 3. The highest BCUT2D eigenvalue weighted by molar-refractivity contribution is 5.86. The molecule has 2 aliphatic rings. The van der Waals surface area contributed by atoms with Gasteiger partial charge in [-0.05, 0) is 30.4 Å². The van der Waals surface area contributed by atoms with Crippen LogP contribution in [0.15, 0.2) is 12.1 Å². The van der Waals surface area contributed by atoms with E-state index in [9.17, 15) is 9.90 Å². The van der Waals surface area contributed by atoms with Crippen molar-refractivity contribution in [1.82, 2.24) is 0 Å². The van der Waals surface area contributed by atoms with Gasteiger partial charge in [0.05, 0.1) is 5.41 Å². The van der Waals surface area contributed by atoms with E-state index in [0.29, 0.717) is 12.8 Å². The van der Waals surface area contributed by atoms with Gasteiger partial charge in [0, 0.05) is 5.56 Å². The Morgan fingerprint density at radius 1 is 1.33 bits per heavy atom. The minimum atomic E-state index is -0.733. The first-order chi connectivity index (χ1) is 8.56. The Balaban J connectivity index is 2.19. The molecule has 4 nitrogen and oxygen atoms in total. The van der Waals surface area contributed by atoms with Crippen LogP contribution in [0.3, 0.4) is 0 Å².